The molecule has 1 fully saturated rings. The zero-order chi connectivity index (χ0) is 26.1. The van der Waals surface area contributed by atoms with Gasteiger partial charge in [0.2, 0.25) is 11.8 Å². The van der Waals surface area contributed by atoms with Gasteiger partial charge in [-0.15, -0.1) is 0 Å². The van der Waals surface area contributed by atoms with Crippen LogP contribution < -0.4 is 5.32 Å². The summed E-state index contributed by atoms with van der Waals surface area (Å²) >= 11 is 5.93. The quantitative estimate of drug-likeness (QED) is 0.377. The van der Waals surface area contributed by atoms with Crippen molar-refractivity contribution < 1.29 is 18.8 Å². The number of nitrogens with zero attached hydrogens (tertiary/aromatic N) is 4. The molecule has 37 heavy (non-hydrogen) atoms. The van der Waals surface area contributed by atoms with E-state index in [1.54, 1.807) is 23.2 Å². The van der Waals surface area contributed by atoms with E-state index in [-0.39, 0.29) is 25.3 Å². The average molecular weight is 520 g/mol. The summed E-state index contributed by atoms with van der Waals surface area (Å²) in [4.78, 5) is 48.0. The molecule has 0 saturated carbocycles. The normalized spacial score (nSPS) is 17.2. The van der Waals surface area contributed by atoms with Crippen molar-refractivity contribution >= 4 is 45.8 Å². The number of anilines is 1. The number of pyridine rings is 2. The SMILES string of the molecule is CC(=O)c1cn(CC(=O)N2C[C@H](F)C[C@H]2C(=O)Nc2cncc(Cl)c2)c2ccc(-c3cccnc3)cc12. The molecule has 10 heteroatoms. The third-order valence-corrected chi connectivity index (χ3v) is 6.61. The third-order valence-electron chi connectivity index (χ3n) is 6.41. The van der Waals surface area contributed by atoms with Gasteiger partial charge in [-0.25, -0.2) is 4.39 Å². The molecule has 1 aliphatic rings. The summed E-state index contributed by atoms with van der Waals surface area (Å²) in [6.07, 6.45) is 6.47. The predicted molar refractivity (Wildman–Crippen MR) is 138 cm³/mol. The second kappa shape index (κ2) is 10.1. The number of carbonyl (C=O) groups is 3. The molecule has 2 atom stereocenters. The zero-order valence-corrected chi connectivity index (χ0v) is 20.7. The topological polar surface area (TPSA) is 97.2 Å². The molecule has 3 aromatic heterocycles. The van der Waals surface area contributed by atoms with Crippen LogP contribution in [0.15, 0.2) is 67.4 Å². The van der Waals surface area contributed by atoms with Crippen molar-refractivity contribution in [2.75, 3.05) is 11.9 Å². The number of halogens is 2. The molecule has 0 radical (unpaired) electrons. The number of nitrogens with one attached hydrogen (secondary N) is 1. The van der Waals surface area contributed by atoms with Crippen LogP contribution in [0.4, 0.5) is 10.1 Å². The molecule has 1 aromatic carbocycles. The predicted octanol–water partition coefficient (Wildman–Crippen LogP) is 4.53. The number of ketones is 1. The molecular weight excluding hydrogens is 497 g/mol. The number of amides is 2. The number of hydrogen-bond acceptors (Lipinski definition) is 5. The van der Waals surface area contributed by atoms with Crippen LogP contribution in [0.5, 0.6) is 0 Å². The molecule has 0 spiro atoms. The average Bonchev–Trinajstić information content (AvgIpc) is 3.45. The van der Waals surface area contributed by atoms with Crippen molar-refractivity contribution in [3.63, 3.8) is 0 Å². The van der Waals surface area contributed by atoms with Crippen molar-refractivity contribution in [2.45, 2.75) is 32.1 Å². The van der Waals surface area contributed by atoms with Crippen LogP contribution in [0.2, 0.25) is 5.02 Å². The smallest absolute Gasteiger partial charge is 0.247 e. The summed E-state index contributed by atoms with van der Waals surface area (Å²) in [5.74, 6) is -1.08. The Morgan fingerprint density at radius 1 is 1.11 bits per heavy atom. The van der Waals surface area contributed by atoms with Crippen LogP contribution in [0, 0.1) is 0 Å². The molecule has 188 valence electrons. The Bertz CT molecular complexity index is 1510. The standard InChI is InChI=1S/C27H23ClFN5O3/c1-16(35)23-14-33(24-5-4-17(7-22(23)24)18-3-2-6-30-10-18)15-26(36)34-13-20(29)9-25(34)27(37)32-21-8-19(28)11-31-12-21/h2-8,10-12,14,20,25H,9,13,15H2,1H3,(H,32,37)/t20-,25+/m1/s1. The monoisotopic (exact) mass is 519 g/mol. The molecule has 8 nitrogen and oxygen atoms in total. The van der Waals surface area contributed by atoms with E-state index in [9.17, 15) is 18.8 Å². The summed E-state index contributed by atoms with van der Waals surface area (Å²) in [7, 11) is 0. The molecule has 5 rings (SSSR count). The Hall–Kier alpha value is -4.11. The molecule has 0 unspecified atom stereocenters. The molecule has 4 aromatic rings. The highest BCUT2D eigenvalue weighted by Gasteiger charge is 2.40. The summed E-state index contributed by atoms with van der Waals surface area (Å²) in [5, 5.41) is 3.71. The number of rotatable bonds is 6. The number of Topliss-reactive ketones (excluding diaryl/α,β-unsaturated/α-hetero) is 1. The number of hydrogen-bond donors (Lipinski definition) is 1. The van der Waals surface area contributed by atoms with Gasteiger partial charge >= 0.3 is 0 Å². The molecule has 1 saturated heterocycles. The van der Waals surface area contributed by atoms with Crippen LogP contribution in [0.25, 0.3) is 22.0 Å². The van der Waals surface area contributed by atoms with Crippen LogP contribution in [0.3, 0.4) is 0 Å². The molecule has 0 bridgehead atoms. The van der Waals surface area contributed by atoms with Gasteiger partial charge in [-0.2, -0.15) is 0 Å². The van der Waals surface area contributed by atoms with Crippen molar-refractivity contribution in [1.82, 2.24) is 19.4 Å². The van der Waals surface area contributed by atoms with Gasteiger partial charge in [0.25, 0.3) is 0 Å². The van der Waals surface area contributed by atoms with Crippen molar-refractivity contribution in [3.8, 4) is 11.1 Å². The van der Waals surface area contributed by atoms with Gasteiger partial charge in [-0.1, -0.05) is 23.7 Å². The number of aromatic nitrogens is 3. The fourth-order valence-electron chi connectivity index (χ4n) is 4.67. The first-order chi connectivity index (χ1) is 17.8. The summed E-state index contributed by atoms with van der Waals surface area (Å²) < 4.78 is 16.1. The Kier molecular flexibility index (Phi) is 6.71. The van der Waals surface area contributed by atoms with E-state index in [4.69, 9.17) is 11.6 Å². The Labute approximate surface area is 217 Å². The number of carbonyl (C=O) groups excluding carboxylic acids is 3. The maximum absolute atomic E-state index is 14.4. The van der Waals surface area contributed by atoms with Gasteiger partial charge in [-0.05, 0) is 36.8 Å². The van der Waals surface area contributed by atoms with Gasteiger partial charge in [0, 0.05) is 53.2 Å². The van der Waals surface area contributed by atoms with E-state index in [0.717, 1.165) is 11.1 Å². The molecule has 0 aliphatic carbocycles. The highest BCUT2D eigenvalue weighted by Crippen LogP contribution is 2.29. The minimum atomic E-state index is -1.33. The van der Waals surface area contributed by atoms with Crippen LogP contribution in [0.1, 0.15) is 23.7 Å². The largest absolute Gasteiger partial charge is 0.337 e. The Balaban J connectivity index is 1.41. The zero-order valence-electron chi connectivity index (χ0n) is 19.9. The van der Waals surface area contributed by atoms with Crippen LogP contribution in [-0.2, 0) is 16.1 Å². The fraction of sp³-hybridized carbons (Fsp3) is 0.222. The maximum Gasteiger partial charge on any atom is 0.247 e. The van der Waals surface area contributed by atoms with E-state index in [1.165, 1.54) is 30.3 Å². The molecular formula is C27H23ClFN5O3. The van der Waals surface area contributed by atoms with E-state index < -0.39 is 24.0 Å². The first-order valence-corrected chi connectivity index (χ1v) is 12.1. The summed E-state index contributed by atoms with van der Waals surface area (Å²) in [6.45, 7) is 1.14. The van der Waals surface area contributed by atoms with E-state index in [0.29, 0.717) is 27.2 Å². The maximum atomic E-state index is 14.4. The first-order valence-electron chi connectivity index (χ1n) is 11.7. The lowest BCUT2D eigenvalue weighted by atomic mass is 10.0. The lowest BCUT2D eigenvalue weighted by Gasteiger charge is -2.24. The van der Waals surface area contributed by atoms with E-state index in [2.05, 4.69) is 15.3 Å². The molecule has 2 amide bonds. The minimum absolute atomic E-state index is 0.106. The number of fused-ring (bicyclic) bond motifs is 1. The molecule has 1 aliphatic heterocycles. The second-order valence-electron chi connectivity index (χ2n) is 8.98. The third kappa shape index (κ3) is 5.08. The fourth-order valence-corrected chi connectivity index (χ4v) is 4.85. The lowest BCUT2D eigenvalue weighted by Crippen LogP contribution is -2.44. The lowest BCUT2D eigenvalue weighted by molar-refractivity contribution is -0.137. The van der Waals surface area contributed by atoms with E-state index >= 15 is 0 Å². The van der Waals surface area contributed by atoms with Gasteiger partial charge in [0.05, 0.1) is 23.5 Å². The molecule has 4 heterocycles. The van der Waals surface area contributed by atoms with Gasteiger partial charge in [-0.3, -0.25) is 24.4 Å². The van der Waals surface area contributed by atoms with Crippen molar-refractivity contribution in [2.24, 2.45) is 0 Å². The van der Waals surface area contributed by atoms with Crippen molar-refractivity contribution in [1.29, 1.82) is 0 Å². The van der Waals surface area contributed by atoms with Gasteiger partial charge in [0.1, 0.15) is 18.8 Å². The highest BCUT2D eigenvalue weighted by atomic mass is 35.5. The minimum Gasteiger partial charge on any atom is -0.337 e. The number of benzene rings is 1. The van der Waals surface area contributed by atoms with Gasteiger partial charge in [0.15, 0.2) is 5.78 Å². The van der Waals surface area contributed by atoms with Gasteiger partial charge < -0.3 is 14.8 Å². The van der Waals surface area contributed by atoms with Crippen molar-refractivity contribution in [3.05, 3.63) is 78.0 Å². The van der Waals surface area contributed by atoms with Crippen LogP contribution >= 0.6 is 11.6 Å². The number of likely N-dealkylation sites (tertiary alicyclic amines) is 1. The summed E-state index contributed by atoms with van der Waals surface area (Å²) in [5.41, 5.74) is 3.31. The Morgan fingerprint density at radius 2 is 1.95 bits per heavy atom. The highest BCUT2D eigenvalue weighted by molar-refractivity contribution is 6.30. The number of alkyl halides is 1. The first kappa shape index (κ1) is 24.6. The van der Waals surface area contributed by atoms with E-state index in [1.807, 2.05) is 30.3 Å². The second-order valence-corrected chi connectivity index (χ2v) is 9.41. The summed E-state index contributed by atoms with van der Waals surface area (Å²) in [6, 6.07) is 9.94. The van der Waals surface area contributed by atoms with Crippen LogP contribution in [-0.4, -0.2) is 55.8 Å². The Morgan fingerprint density at radius 3 is 2.68 bits per heavy atom. The molecule has 1 N–H and O–H groups in total.